The maximum atomic E-state index is 12.5. The number of carbonyl (C=O) groups is 1. The molecule has 0 radical (unpaired) electrons. The number of hydrogen-bond acceptors (Lipinski definition) is 6. The Morgan fingerprint density at radius 1 is 0.969 bits per heavy atom. The monoisotopic (exact) mass is 430 g/mol. The molecule has 0 spiro atoms. The van der Waals surface area contributed by atoms with Crippen LogP contribution in [0.1, 0.15) is 18.4 Å². The van der Waals surface area contributed by atoms with Gasteiger partial charge in [-0.2, -0.15) is 4.98 Å². The van der Waals surface area contributed by atoms with Crippen LogP contribution >= 0.6 is 0 Å². The summed E-state index contributed by atoms with van der Waals surface area (Å²) in [7, 11) is 0. The molecule has 164 valence electrons. The highest BCUT2D eigenvalue weighted by Crippen LogP contribution is 2.28. The van der Waals surface area contributed by atoms with E-state index in [9.17, 15) is 4.79 Å². The van der Waals surface area contributed by atoms with Gasteiger partial charge >= 0.3 is 6.09 Å². The Kier molecular flexibility index (Phi) is 5.87. The number of ether oxygens (including phenoxy) is 2. The molecule has 0 saturated carbocycles. The lowest BCUT2D eigenvalue weighted by Crippen LogP contribution is -2.49. The van der Waals surface area contributed by atoms with E-state index in [-0.39, 0.29) is 18.8 Å². The van der Waals surface area contributed by atoms with Gasteiger partial charge in [0.25, 0.3) is 0 Å². The maximum Gasteiger partial charge on any atom is 0.410 e. The summed E-state index contributed by atoms with van der Waals surface area (Å²) in [5.41, 5.74) is 1.84. The molecule has 1 aromatic heterocycles. The number of piperazine rings is 1. The SMILES string of the molecule is O=C(OCc1ccccc1)N1CCN(c2nc(OC3C=CCC3)c3ccccc3n2)CC1. The van der Waals surface area contributed by atoms with Gasteiger partial charge in [0.1, 0.15) is 12.7 Å². The summed E-state index contributed by atoms with van der Waals surface area (Å²) in [6, 6.07) is 17.6. The fourth-order valence-corrected chi connectivity index (χ4v) is 4.01. The van der Waals surface area contributed by atoms with E-state index in [1.807, 2.05) is 54.6 Å². The van der Waals surface area contributed by atoms with E-state index in [0.717, 1.165) is 29.3 Å². The highest BCUT2D eigenvalue weighted by molar-refractivity contribution is 5.84. The molecule has 2 aromatic carbocycles. The zero-order chi connectivity index (χ0) is 21.8. The standard InChI is InChI=1S/C25H26N4O3/c30-25(31-18-19-8-2-1-3-9-19)29-16-14-28(15-17-29)24-26-22-13-7-6-12-21(22)23(27-24)32-20-10-4-5-11-20/h1-4,6-10,12-13,20H,5,11,14-18H2. The molecule has 1 unspecified atom stereocenters. The van der Waals surface area contributed by atoms with Crippen molar-refractivity contribution >= 4 is 22.9 Å². The second-order valence-corrected chi connectivity index (χ2v) is 8.02. The Hall–Kier alpha value is -3.61. The van der Waals surface area contributed by atoms with E-state index in [2.05, 4.69) is 17.1 Å². The lowest BCUT2D eigenvalue weighted by molar-refractivity contribution is 0.0940. The Morgan fingerprint density at radius 2 is 1.75 bits per heavy atom. The van der Waals surface area contributed by atoms with E-state index in [4.69, 9.17) is 19.4 Å². The lowest BCUT2D eigenvalue weighted by Gasteiger charge is -2.34. The molecule has 3 aromatic rings. The summed E-state index contributed by atoms with van der Waals surface area (Å²) in [6.07, 6.45) is 6.00. The molecule has 2 aliphatic rings. The molecule has 32 heavy (non-hydrogen) atoms. The lowest BCUT2D eigenvalue weighted by atomic mass is 10.2. The number of hydrogen-bond donors (Lipinski definition) is 0. The number of carbonyl (C=O) groups excluding carboxylic acids is 1. The summed E-state index contributed by atoms with van der Waals surface area (Å²) in [5.74, 6) is 1.25. The van der Waals surface area contributed by atoms with Crippen molar-refractivity contribution in [2.45, 2.75) is 25.6 Å². The highest BCUT2D eigenvalue weighted by Gasteiger charge is 2.25. The van der Waals surface area contributed by atoms with Gasteiger partial charge in [0.05, 0.1) is 10.9 Å². The third-order valence-corrected chi connectivity index (χ3v) is 5.81. The minimum absolute atomic E-state index is 0.0531. The van der Waals surface area contributed by atoms with Crippen LogP contribution in [0, 0.1) is 0 Å². The molecule has 1 amide bonds. The van der Waals surface area contributed by atoms with E-state index in [1.165, 1.54) is 0 Å². The number of aromatic nitrogens is 2. The van der Waals surface area contributed by atoms with Gasteiger partial charge in [0.2, 0.25) is 11.8 Å². The van der Waals surface area contributed by atoms with Crippen molar-refractivity contribution in [1.82, 2.24) is 14.9 Å². The molecule has 7 heteroatoms. The molecule has 1 aliphatic carbocycles. The van der Waals surface area contributed by atoms with Crippen molar-refractivity contribution in [2.75, 3.05) is 31.1 Å². The Morgan fingerprint density at radius 3 is 2.53 bits per heavy atom. The average molecular weight is 431 g/mol. The van der Waals surface area contributed by atoms with Crippen LogP contribution in [-0.4, -0.2) is 53.2 Å². The van der Waals surface area contributed by atoms with Crippen molar-refractivity contribution in [3.8, 4) is 5.88 Å². The second-order valence-electron chi connectivity index (χ2n) is 8.02. The van der Waals surface area contributed by atoms with Crippen LogP contribution in [0.25, 0.3) is 10.9 Å². The Bertz CT molecular complexity index is 1110. The minimum Gasteiger partial charge on any atom is -0.470 e. The predicted octanol–water partition coefficient (Wildman–Crippen LogP) is 4.19. The molecular weight excluding hydrogens is 404 g/mol. The van der Waals surface area contributed by atoms with Gasteiger partial charge in [0, 0.05) is 26.2 Å². The molecule has 1 aliphatic heterocycles. The summed E-state index contributed by atoms with van der Waals surface area (Å²) in [5, 5.41) is 0.916. The van der Waals surface area contributed by atoms with Crippen LogP contribution in [0.15, 0.2) is 66.7 Å². The number of nitrogens with zero attached hydrogens (tertiary/aromatic N) is 4. The quantitative estimate of drug-likeness (QED) is 0.566. The number of para-hydroxylation sites is 1. The van der Waals surface area contributed by atoms with Crippen LogP contribution in [0.3, 0.4) is 0 Å². The van der Waals surface area contributed by atoms with Gasteiger partial charge in [0.15, 0.2) is 0 Å². The molecule has 5 rings (SSSR count). The number of rotatable bonds is 5. The van der Waals surface area contributed by atoms with E-state index >= 15 is 0 Å². The zero-order valence-electron chi connectivity index (χ0n) is 17.9. The summed E-state index contributed by atoms with van der Waals surface area (Å²) >= 11 is 0. The van der Waals surface area contributed by atoms with Crippen molar-refractivity contribution in [3.05, 3.63) is 72.3 Å². The summed E-state index contributed by atoms with van der Waals surface area (Å²) in [4.78, 5) is 25.8. The number of anilines is 1. The first-order valence-electron chi connectivity index (χ1n) is 11.1. The normalized spacial score (nSPS) is 18.2. The molecule has 1 saturated heterocycles. The van der Waals surface area contributed by atoms with Gasteiger partial charge in [-0.25, -0.2) is 9.78 Å². The van der Waals surface area contributed by atoms with Gasteiger partial charge < -0.3 is 19.3 Å². The van der Waals surface area contributed by atoms with Crippen molar-refractivity contribution in [1.29, 1.82) is 0 Å². The first-order valence-corrected chi connectivity index (χ1v) is 11.1. The molecule has 0 N–H and O–H groups in total. The number of amides is 1. The average Bonchev–Trinajstić information content (AvgIpc) is 3.36. The number of allylic oxidation sites excluding steroid dienone is 1. The van der Waals surface area contributed by atoms with Crippen LogP contribution in [0.5, 0.6) is 5.88 Å². The second kappa shape index (κ2) is 9.26. The predicted molar refractivity (Wildman–Crippen MR) is 123 cm³/mol. The minimum atomic E-state index is -0.287. The molecule has 2 heterocycles. The largest absolute Gasteiger partial charge is 0.470 e. The highest BCUT2D eigenvalue weighted by atomic mass is 16.6. The molecular formula is C25H26N4O3. The summed E-state index contributed by atoms with van der Waals surface area (Å²) < 4.78 is 11.7. The van der Waals surface area contributed by atoms with Crippen molar-refractivity contribution < 1.29 is 14.3 Å². The van der Waals surface area contributed by atoms with Gasteiger partial charge in [-0.1, -0.05) is 48.5 Å². The topological polar surface area (TPSA) is 67.8 Å². The third-order valence-electron chi connectivity index (χ3n) is 5.81. The smallest absolute Gasteiger partial charge is 0.410 e. The fraction of sp³-hybridized carbons (Fsp3) is 0.320. The van der Waals surface area contributed by atoms with Crippen LogP contribution in [0.4, 0.5) is 10.7 Å². The van der Waals surface area contributed by atoms with E-state index in [1.54, 1.807) is 4.90 Å². The number of benzene rings is 2. The van der Waals surface area contributed by atoms with E-state index < -0.39 is 0 Å². The van der Waals surface area contributed by atoms with Crippen LogP contribution in [-0.2, 0) is 11.3 Å². The van der Waals surface area contributed by atoms with Gasteiger partial charge in [-0.15, -0.1) is 0 Å². The van der Waals surface area contributed by atoms with E-state index in [0.29, 0.717) is 38.0 Å². The molecule has 0 bridgehead atoms. The first-order chi connectivity index (χ1) is 15.8. The third kappa shape index (κ3) is 4.51. The molecule has 1 atom stereocenters. The number of fused-ring (bicyclic) bond motifs is 1. The molecule has 1 fully saturated rings. The van der Waals surface area contributed by atoms with Crippen LogP contribution < -0.4 is 9.64 Å². The van der Waals surface area contributed by atoms with Crippen molar-refractivity contribution in [3.63, 3.8) is 0 Å². The Labute approximate surface area is 187 Å². The van der Waals surface area contributed by atoms with Crippen LogP contribution in [0.2, 0.25) is 0 Å². The summed E-state index contributed by atoms with van der Waals surface area (Å²) in [6.45, 7) is 2.68. The fourth-order valence-electron chi connectivity index (χ4n) is 4.01. The van der Waals surface area contributed by atoms with Crippen molar-refractivity contribution in [2.24, 2.45) is 0 Å². The first kappa shape index (κ1) is 20.3. The Balaban J connectivity index is 1.25. The van der Waals surface area contributed by atoms with Gasteiger partial charge in [-0.3, -0.25) is 0 Å². The van der Waals surface area contributed by atoms with Gasteiger partial charge in [-0.05, 0) is 36.6 Å². The zero-order valence-corrected chi connectivity index (χ0v) is 17.9. The molecule has 7 nitrogen and oxygen atoms in total. The maximum absolute atomic E-state index is 12.5.